The number of hydrogen-bond donors (Lipinski definition) is 2. The number of primary amides is 1. The Morgan fingerprint density at radius 3 is 2.25 bits per heavy atom. The van der Waals surface area contributed by atoms with E-state index >= 15 is 0 Å². The fraction of sp³-hybridized carbons (Fsp3) is 0.750. The summed E-state index contributed by atoms with van der Waals surface area (Å²) in [6.45, 7) is 19.5. The number of carbonyl (C=O) groups is 2. The van der Waals surface area contributed by atoms with Crippen molar-refractivity contribution in [3.8, 4) is 0 Å². The summed E-state index contributed by atoms with van der Waals surface area (Å²) in [5.41, 5.74) is 5.62. The minimum absolute atomic E-state index is 0.0680. The number of rotatable bonds is 6. The molecule has 1 saturated carbocycles. The van der Waals surface area contributed by atoms with Crippen LogP contribution in [0.15, 0.2) is 0 Å². The number of ether oxygens (including phenoxy) is 1. The number of nitrogens with two attached hydrogens (primary N) is 1. The first kappa shape index (κ1) is 25.4. The van der Waals surface area contributed by atoms with Gasteiger partial charge in [-0.1, -0.05) is 27.2 Å². The van der Waals surface area contributed by atoms with Gasteiger partial charge in [-0.3, -0.25) is 9.59 Å². The zero-order valence-corrected chi connectivity index (χ0v) is 23.0. The first-order valence-electron chi connectivity index (χ1n) is 11.5. The molecular weight excluding hydrogens is 440 g/mol. The predicted octanol–water partition coefficient (Wildman–Crippen LogP) is 5.56. The summed E-state index contributed by atoms with van der Waals surface area (Å²) in [7, 11) is -1.98. The summed E-state index contributed by atoms with van der Waals surface area (Å²) in [4.78, 5) is 26.9. The minimum atomic E-state index is -1.98. The van der Waals surface area contributed by atoms with Crippen molar-refractivity contribution in [1.29, 1.82) is 0 Å². The van der Waals surface area contributed by atoms with Crippen LogP contribution in [0.1, 0.15) is 88.5 Å². The van der Waals surface area contributed by atoms with Crippen molar-refractivity contribution >= 4 is 36.5 Å². The number of nitrogens with one attached hydrogen (secondary N) is 1. The van der Waals surface area contributed by atoms with E-state index in [0.29, 0.717) is 23.6 Å². The summed E-state index contributed by atoms with van der Waals surface area (Å²) in [5, 5.41) is 3.71. The molecule has 0 saturated heterocycles. The van der Waals surface area contributed by atoms with Crippen LogP contribution in [0.4, 0.5) is 5.00 Å². The molecule has 3 rings (SSSR count). The normalized spacial score (nSPS) is 21.4. The van der Waals surface area contributed by atoms with Crippen molar-refractivity contribution < 1.29 is 18.8 Å². The number of hydrogen-bond acceptors (Lipinski definition) is 5. The van der Waals surface area contributed by atoms with Crippen molar-refractivity contribution in [2.24, 2.45) is 11.1 Å². The van der Waals surface area contributed by atoms with Crippen molar-refractivity contribution in [2.45, 2.75) is 103 Å². The van der Waals surface area contributed by atoms with E-state index in [9.17, 15) is 9.59 Å². The molecule has 1 aliphatic heterocycles. The van der Waals surface area contributed by atoms with Gasteiger partial charge in [0.25, 0.3) is 5.91 Å². The zero-order valence-electron chi connectivity index (χ0n) is 21.2. The molecule has 0 atom stereocenters. The fourth-order valence-electron chi connectivity index (χ4n) is 4.48. The van der Waals surface area contributed by atoms with Gasteiger partial charge in [0.2, 0.25) is 5.91 Å². The molecule has 3 N–H and O–H groups in total. The van der Waals surface area contributed by atoms with Crippen LogP contribution in [-0.2, 0) is 26.0 Å². The highest BCUT2D eigenvalue weighted by molar-refractivity contribution is 7.17. The largest absolute Gasteiger partial charge is 0.416 e. The van der Waals surface area contributed by atoms with Gasteiger partial charge in [-0.25, -0.2) is 0 Å². The van der Waals surface area contributed by atoms with E-state index in [0.717, 1.165) is 29.7 Å². The molecule has 0 spiro atoms. The van der Waals surface area contributed by atoms with Crippen molar-refractivity contribution in [1.82, 2.24) is 0 Å². The number of fused-ring (bicyclic) bond motifs is 1. The molecule has 0 bridgehead atoms. The Bertz CT molecular complexity index is 923. The molecule has 0 radical (unpaired) electrons. The first-order valence-corrected chi connectivity index (χ1v) is 15.2. The van der Waals surface area contributed by atoms with Gasteiger partial charge in [0.15, 0.2) is 8.32 Å². The quantitative estimate of drug-likeness (QED) is 0.521. The third-order valence-corrected chi connectivity index (χ3v) is 13.4. The van der Waals surface area contributed by atoms with Gasteiger partial charge < -0.3 is 20.2 Å². The Kier molecular flexibility index (Phi) is 6.29. The lowest BCUT2D eigenvalue weighted by atomic mass is 9.68. The maximum Gasteiger partial charge on any atom is 0.251 e. The molecule has 6 nitrogen and oxygen atoms in total. The minimum Gasteiger partial charge on any atom is -0.416 e. The van der Waals surface area contributed by atoms with Crippen molar-refractivity contribution in [2.75, 3.05) is 11.9 Å². The molecular formula is C24H40N2O4SSi. The smallest absolute Gasteiger partial charge is 0.251 e. The number of anilines is 1. The second kappa shape index (κ2) is 7.93. The third-order valence-electron chi connectivity index (χ3n) is 7.47. The number of carbonyl (C=O) groups excluding carboxylic acids is 2. The molecule has 0 unspecified atom stereocenters. The van der Waals surface area contributed by atoms with Gasteiger partial charge >= 0.3 is 0 Å². The van der Waals surface area contributed by atoms with Crippen LogP contribution in [-0.4, -0.2) is 32.3 Å². The van der Waals surface area contributed by atoms with Crippen LogP contribution in [0, 0.1) is 5.41 Å². The van der Waals surface area contributed by atoms with Gasteiger partial charge in [-0.15, -0.1) is 11.3 Å². The average molecular weight is 481 g/mol. The van der Waals surface area contributed by atoms with E-state index < -0.39 is 30.8 Å². The van der Waals surface area contributed by atoms with E-state index in [2.05, 4.69) is 39.2 Å². The second-order valence-corrected chi connectivity index (χ2v) is 18.0. The van der Waals surface area contributed by atoms with E-state index in [1.54, 1.807) is 0 Å². The summed E-state index contributed by atoms with van der Waals surface area (Å²) in [6, 6.07) is 0. The predicted molar refractivity (Wildman–Crippen MR) is 133 cm³/mol. The molecule has 1 aromatic heterocycles. The SMILES string of the molecule is CC1(C)Cc2c(sc(NC(=O)C3(CO[Si](C)(C)C(C)(C)C)CCC3)c2C(N)=O)C(C)(C)O1. The van der Waals surface area contributed by atoms with Crippen molar-refractivity contribution in [3.05, 3.63) is 16.0 Å². The zero-order chi connectivity index (χ0) is 24.3. The Balaban J connectivity index is 1.89. The average Bonchev–Trinajstić information content (AvgIpc) is 2.89. The van der Waals surface area contributed by atoms with E-state index in [1.807, 2.05) is 27.7 Å². The van der Waals surface area contributed by atoms with Gasteiger partial charge in [-0.05, 0) is 64.2 Å². The molecule has 8 heteroatoms. The molecule has 1 aromatic rings. The summed E-state index contributed by atoms with van der Waals surface area (Å²) < 4.78 is 12.7. The van der Waals surface area contributed by atoms with Crippen LogP contribution < -0.4 is 11.1 Å². The molecule has 32 heavy (non-hydrogen) atoms. The Morgan fingerprint density at radius 1 is 1.19 bits per heavy atom. The molecule has 2 aliphatic rings. The van der Waals surface area contributed by atoms with E-state index in [4.69, 9.17) is 14.9 Å². The lowest BCUT2D eigenvalue weighted by Crippen LogP contribution is -2.50. The fourth-order valence-corrected chi connectivity index (χ4v) is 6.81. The highest BCUT2D eigenvalue weighted by Crippen LogP contribution is 2.50. The molecule has 1 aliphatic carbocycles. The first-order chi connectivity index (χ1) is 14.4. The highest BCUT2D eigenvalue weighted by atomic mass is 32.1. The molecule has 2 heterocycles. The summed E-state index contributed by atoms with van der Waals surface area (Å²) >= 11 is 1.41. The Labute approximate surface area is 197 Å². The van der Waals surface area contributed by atoms with E-state index in [1.165, 1.54) is 11.3 Å². The third kappa shape index (κ3) is 4.56. The van der Waals surface area contributed by atoms with Crippen LogP contribution in [0.2, 0.25) is 18.1 Å². The van der Waals surface area contributed by atoms with Gasteiger partial charge in [0.1, 0.15) is 5.00 Å². The summed E-state index contributed by atoms with van der Waals surface area (Å²) in [6.07, 6.45) is 3.18. The molecule has 0 aromatic carbocycles. The Morgan fingerprint density at radius 2 is 1.78 bits per heavy atom. The lowest BCUT2D eigenvalue weighted by Gasteiger charge is -2.44. The van der Waals surface area contributed by atoms with E-state index in [-0.39, 0.29) is 10.9 Å². The highest BCUT2D eigenvalue weighted by Gasteiger charge is 2.49. The Hall–Kier alpha value is -1.22. The van der Waals surface area contributed by atoms with Crippen LogP contribution >= 0.6 is 11.3 Å². The van der Waals surface area contributed by atoms with Gasteiger partial charge in [0.05, 0.1) is 22.2 Å². The molecule has 2 amide bonds. The molecule has 1 fully saturated rings. The number of amides is 2. The van der Waals surface area contributed by atoms with Gasteiger partial charge in [-0.2, -0.15) is 0 Å². The summed E-state index contributed by atoms with van der Waals surface area (Å²) in [5.74, 6) is -0.576. The van der Waals surface area contributed by atoms with Crippen LogP contribution in [0.5, 0.6) is 0 Å². The van der Waals surface area contributed by atoms with Crippen molar-refractivity contribution in [3.63, 3.8) is 0 Å². The molecule has 180 valence electrons. The lowest BCUT2D eigenvalue weighted by molar-refractivity contribution is -0.136. The number of thiophene rings is 1. The second-order valence-electron chi connectivity index (χ2n) is 12.2. The van der Waals surface area contributed by atoms with Gasteiger partial charge in [0, 0.05) is 17.9 Å². The topological polar surface area (TPSA) is 90.6 Å². The van der Waals surface area contributed by atoms with Crippen LogP contribution in [0.3, 0.4) is 0 Å². The standard InChI is InChI=1S/C24H40N2O4SSi/c1-21(2,3)32(8,9)29-14-24(11-10-12-24)20(28)26-19-16(18(25)27)15-13-22(4,5)30-23(6,7)17(15)31-19/h10-14H2,1-9H3,(H2,25,27)(H,26,28). The maximum atomic E-state index is 13.5. The monoisotopic (exact) mass is 480 g/mol. The maximum absolute atomic E-state index is 13.5. The van der Waals surface area contributed by atoms with Crippen LogP contribution in [0.25, 0.3) is 0 Å².